The van der Waals surface area contributed by atoms with Crippen LogP contribution < -0.4 is 10.6 Å². The smallest absolute Gasteiger partial charge is 0.239 e. The van der Waals surface area contributed by atoms with E-state index in [0.29, 0.717) is 19.8 Å². The number of morpholine rings is 1. The molecule has 0 spiro atoms. The van der Waals surface area contributed by atoms with Gasteiger partial charge in [-0.25, -0.2) is 0 Å². The van der Waals surface area contributed by atoms with E-state index in [9.17, 15) is 4.79 Å². The van der Waals surface area contributed by atoms with Gasteiger partial charge < -0.3 is 15.4 Å². The first-order valence-electron chi connectivity index (χ1n) is 5.47. The van der Waals surface area contributed by atoms with E-state index in [0.717, 1.165) is 13.0 Å². The number of rotatable bonds is 4. The standard InChI is InChI=1S/C11H16N2O2S/c14-11(10-8-15-6-5-12-10)13-4-3-9-2-1-7-16-9/h1-2,7,10,12H,3-6,8H2,(H,13,14). The molecule has 1 saturated heterocycles. The van der Waals surface area contributed by atoms with Crippen LogP contribution in [0.2, 0.25) is 0 Å². The minimum atomic E-state index is -0.183. The molecule has 16 heavy (non-hydrogen) atoms. The Balaban J connectivity index is 1.67. The van der Waals surface area contributed by atoms with Crippen molar-refractivity contribution in [3.8, 4) is 0 Å². The summed E-state index contributed by atoms with van der Waals surface area (Å²) in [6, 6.07) is 3.93. The Morgan fingerprint density at radius 1 is 1.69 bits per heavy atom. The van der Waals surface area contributed by atoms with Gasteiger partial charge in [-0.1, -0.05) is 6.07 Å². The number of amides is 1. The third-order valence-corrected chi connectivity index (χ3v) is 3.43. The van der Waals surface area contributed by atoms with Crippen LogP contribution in [0.4, 0.5) is 0 Å². The molecule has 0 aromatic carbocycles. The molecule has 2 heterocycles. The molecule has 0 bridgehead atoms. The topological polar surface area (TPSA) is 50.4 Å². The van der Waals surface area contributed by atoms with Gasteiger partial charge >= 0.3 is 0 Å². The molecule has 1 aromatic rings. The van der Waals surface area contributed by atoms with Crippen molar-refractivity contribution in [1.82, 2.24) is 10.6 Å². The minimum Gasteiger partial charge on any atom is -0.378 e. The molecule has 0 aliphatic carbocycles. The van der Waals surface area contributed by atoms with Crippen LogP contribution in [0.5, 0.6) is 0 Å². The molecule has 2 N–H and O–H groups in total. The number of thiophene rings is 1. The van der Waals surface area contributed by atoms with E-state index in [-0.39, 0.29) is 11.9 Å². The summed E-state index contributed by atoms with van der Waals surface area (Å²) in [7, 11) is 0. The summed E-state index contributed by atoms with van der Waals surface area (Å²) in [5.74, 6) is 0.0382. The van der Waals surface area contributed by atoms with E-state index in [1.165, 1.54) is 4.88 Å². The zero-order valence-electron chi connectivity index (χ0n) is 9.07. The lowest BCUT2D eigenvalue weighted by Crippen LogP contribution is -2.51. The summed E-state index contributed by atoms with van der Waals surface area (Å²) >= 11 is 1.72. The maximum absolute atomic E-state index is 11.7. The first-order valence-corrected chi connectivity index (χ1v) is 6.35. The summed E-state index contributed by atoms with van der Waals surface area (Å²) in [6.45, 7) is 2.62. The van der Waals surface area contributed by atoms with Gasteiger partial charge in [0.1, 0.15) is 6.04 Å². The fourth-order valence-corrected chi connectivity index (χ4v) is 2.33. The molecule has 0 radical (unpaired) electrons. The lowest BCUT2D eigenvalue weighted by atomic mass is 10.2. The van der Waals surface area contributed by atoms with Gasteiger partial charge in [-0.15, -0.1) is 11.3 Å². The molecule has 4 nitrogen and oxygen atoms in total. The monoisotopic (exact) mass is 240 g/mol. The van der Waals surface area contributed by atoms with Gasteiger partial charge in [-0.05, 0) is 17.9 Å². The van der Waals surface area contributed by atoms with Gasteiger partial charge in [0.25, 0.3) is 0 Å². The lowest BCUT2D eigenvalue weighted by molar-refractivity contribution is -0.125. The average Bonchev–Trinajstić information content (AvgIpc) is 2.83. The molecule has 0 saturated carbocycles. The van der Waals surface area contributed by atoms with Crippen LogP contribution in [0.1, 0.15) is 4.88 Å². The zero-order valence-corrected chi connectivity index (χ0v) is 9.89. The van der Waals surface area contributed by atoms with Crippen molar-refractivity contribution >= 4 is 17.2 Å². The normalized spacial score (nSPS) is 20.6. The van der Waals surface area contributed by atoms with E-state index in [1.807, 2.05) is 11.4 Å². The highest BCUT2D eigenvalue weighted by molar-refractivity contribution is 7.09. The van der Waals surface area contributed by atoms with Crippen LogP contribution in [0.15, 0.2) is 17.5 Å². The van der Waals surface area contributed by atoms with Gasteiger partial charge in [-0.3, -0.25) is 4.79 Å². The van der Waals surface area contributed by atoms with Crippen LogP contribution in [0, 0.1) is 0 Å². The van der Waals surface area contributed by atoms with Crippen LogP contribution >= 0.6 is 11.3 Å². The molecule has 1 aromatic heterocycles. The quantitative estimate of drug-likeness (QED) is 0.801. The molecule has 88 valence electrons. The van der Waals surface area contributed by atoms with E-state index in [1.54, 1.807) is 11.3 Å². The number of hydrogen-bond acceptors (Lipinski definition) is 4. The molecule has 2 rings (SSSR count). The van der Waals surface area contributed by atoms with Crippen molar-refractivity contribution in [2.45, 2.75) is 12.5 Å². The number of carbonyl (C=O) groups excluding carboxylic acids is 1. The van der Waals surface area contributed by atoms with E-state index < -0.39 is 0 Å². The Morgan fingerprint density at radius 2 is 2.62 bits per heavy atom. The Hall–Kier alpha value is -0.910. The number of hydrogen-bond donors (Lipinski definition) is 2. The lowest BCUT2D eigenvalue weighted by Gasteiger charge is -2.22. The van der Waals surface area contributed by atoms with Gasteiger partial charge in [0.15, 0.2) is 0 Å². The van der Waals surface area contributed by atoms with E-state index in [2.05, 4.69) is 16.7 Å². The molecule has 1 unspecified atom stereocenters. The van der Waals surface area contributed by atoms with E-state index >= 15 is 0 Å². The van der Waals surface area contributed by atoms with Crippen LogP contribution in [-0.2, 0) is 16.0 Å². The van der Waals surface area contributed by atoms with Gasteiger partial charge in [0, 0.05) is 18.0 Å². The number of carbonyl (C=O) groups is 1. The van der Waals surface area contributed by atoms with Crippen molar-refractivity contribution in [2.24, 2.45) is 0 Å². The highest BCUT2D eigenvalue weighted by atomic mass is 32.1. The number of ether oxygens (including phenoxy) is 1. The van der Waals surface area contributed by atoms with Crippen LogP contribution in [0.25, 0.3) is 0 Å². The van der Waals surface area contributed by atoms with E-state index in [4.69, 9.17) is 4.74 Å². The minimum absolute atomic E-state index is 0.0382. The molecule has 1 fully saturated rings. The third kappa shape index (κ3) is 3.30. The summed E-state index contributed by atoms with van der Waals surface area (Å²) in [4.78, 5) is 13.0. The van der Waals surface area contributed by atoms with Crippen molar-refractivity contribution in [1.29, 1.82) is 0 Å². The Morgan fingerprint density at radius 3 is 3.31 bits per heavy atom. The number of nitrogens with one attached hydrogen (secondary N) is 2. The molecular formula is C11H16N2O2S. The fourth-order valence-electron chi connectivity index (χ4n) is 1.62. The highest BCUT2D eigenvalue weighted by Crippen LogP contribution is 2.08. The molecular weight excluding hydrogens is 224 g/mol. The van der Waals surface area contributed by atoms with Crippen molar-refractivity contribution in [3.63, 3.8) is 0 Å². The van der Waals surface area contributed by atoms with Crippen molar-refractivity contribution in [2.75, 3.05) is 26.3 Å². The van der Waals surface area contributed by atoms with Gasteiger partial charge in [0.05, 0.1) is 13.2 Å². The van der Waals surface area contributed by atoms with Crippen molar-refractivity contribution < 1.29 is 9.53 Å². The Labute approximate surface area is 99.0 Å². The van der Waals surface area contributed by atoms with Gasteiger partial charge in [0.2, 0.25) is 5.91 Å². The summed E-state index contributed by atoms with van der Waals surface area (Å²) < 4.78 is 5.23. The maximum atomic E-state index is 11.7. The second-order valence-electron chi connectivity index (χ2n) is 3.70. The molecule has 1 aliphatic rings. The van der Waals surface area contributed by atoms with Crippen LogP contribution in [0.3, 0.4) is 0 Å². The largest absolute Gasteiger partial charge is 0.378 e. The average molecular weight is 240 g/mol. The zero-order chi connectivity index (χ0) is 11.2. The summed E-state index contributed by atoms with van der Waals surface area (Å²) in [6.07, 6.45) is 0.900. The molecule has 1 atom stereocenters. The third-order valence-electron chi connectivity index (χ3n) is 2.49. The molecule has 1 aliphatic heterocycles. The molecule has 5 heteroatoms. The first-order chi connectivity index (χ1) is 7.86. The fraction of sp³-hybridized carbons (Fsp3) is 0.545. The summed E-state index contributed by atoms with van der Waals surface area (Å²) in [5, 5.41) is 8.09. The van der Waals surface area contributed by atoms with Gasteiger partial charge in [-0.2, -0.15) is 0 Å². The second kappa shape index (κ2) is 5.98. The maximum Gasteiger partial charge on any atom is 0.239 e. The summed E-state index contributed by atoms with van der Waals surface area (Å²) in [5.41, 5.74) is 0. The molecule has 1 amide bonds. The van der Waals surface area contributed by atoms with Crippen molar-refractivity contribution in [3.05, 3.63) is 22.4 Å². The highest BCUT2D eigenvalue weighted by Gasteiger charge is 2.20. The SMILES string of the molecule is O=C(NCCc1cccs1)C1COCCN1. The Kier molecular flexibility index (Phi) is 4.33. The Bertz CT molecular complexity index is 321. The predicted octanol–water partition coefficient (Wildman–Crippen LogP) is 0.395. The second-order valence-corrected chi connectivity index (χ2v) is 4.73. The van der Waals surface area contributed by atoms with Crippen LogP contribution in [-0.4, -0.2) is 38.3 Å². The first kappa shape index (κ1) is 11.6. The predicted molar refractivity (Wildman–Crippen MR) is 63.6 cm³/mol.